The first-order chi connectivity index (χ1) is 10.6. The van der Waals surface area contributed by atoms with Crippen LogP contribution in [0.25, 0.3) is 0 Å². The van der Waals surface area contributed by atoms with Gasteiger partial charge in [0, 0.05) is 19.3 Å². The Morgan fingerprint density at radius 1 is 1.41 bits per heavy atom. The number of aromatic nitrogens is 2. The number of hydrogen-bond acceptors (Lipinski definition) is 4. The summed E-state index contributed by atoms with van der Waals surface area (Å²) in [5.74, 6) is 1.05. The number of hydrogen-bond donors (Lipinski definition) is 1. The number of aryl methyl sites for hydroxylation is 1. The highest BCUT2D eigenvalue weighted by molar-refractivity contribution is 6.04. The van der Waals surface area contributed by atoms with Crippen LogP contribution >= 0.6 is 0 Å². The zero-order valence-corrected chi connectivity index (χ0v) is 13.1. The maximum Gasteiger partial charge on any atom is 0.258 e. The van der Waals surface area contributed by atoms with Gasteiger partial charge in [-0.05, 0) is 18.6 Å². The molecule has 1 aromatic carbocycles. The topological polar surface area (TPSA) is 65.4 Å². The molecule has 0 spiro atoms. The van der Waals surface area contributed by atoms with Crippen LogP contribution in [0.5, 0.6) is 11.5 Å². The quantitative estimate of drug-likeness (QED) is 0.799. The molecule has 2 aromatic rings. The second-order valence-electron chi connectivity index (χ2n) is 4.92. The first kappa shape index (κ1) is 15.9. The molecular formula is C16H21N3O3. The standard InChI is InChI=1S/C16H21N3O3/c1-4-5-8-22-15-7-6-13(21-3)9-14(15)18-16(20)12-10-17-19(2)11-12/h6-7,9-11H,4-5,8H2,1-3H3,(H,18,20). The lowest BCUT2D eigenvalue weighted by molar-refractivity contribution is 0.102. The third-order valence-corrected chi connectivity index (χ3v) is 3.16. The van der Waals surface area contributed by atoms with Crippen molar-refractivity contribution in [1.82, 2.24) is 9.78 Å². The van der Waals surface area contributed by atoms with Gasteiger partial charge in [-0.25, -0.2) is 0 Å². The fourth-order valence-electron chi connectivity index (χ4n) is 1.92. The molecule has 0 aliphatic rings. The fraction of sp³-hybridized carbons (Fsp3) is 0.375. The molecule has 1 aromatic heterocycles. The minimum Gasteiger partial charge on any atom is -0.497 e. The molecule has 6 nitrogen and oxygen atoms in total. The number of unbranched alkanes of at least 4 members (excludes halogenated alkanes) is 1. The number of nitrogens with one attached hydrogen (secondary N) is 1. The van der Waals surface area contributed by atoms with Gasteiger partial charge in [0.1, 0.15) is 11.5 Å². The van der Waals surface area contributed by atoms with Crippen molar-refractivity contribution in [1.29, 1.82) is 0 Å². The zero-order valence-electron chi connectivity index (χ0n) is 13.1. The second kappa shape index (κ2) is 7.49. The molecule has 0 saturated carbocycles. The summed E-state index contributed by atoms with van der Waals surface area (Å²) in [6.45, 7) is 2.71. The highest BCUT2D eigenvalue weighted by Gasteiger charge is 2.12. The van der Waals surface area contributed by atoms with Gasteiger partial charge in [-0.3, -0.25) is 9.48 Å². The summed E-state index contributed by atoms with van der Waals surface area (Å²) >= 11 is 0. The second-order valence-corrected chi connectivity index (χ2v) is 4.92. The van der Waals surface area contributed by atoms with Crippen molar-refractivity contribution in [3.63, 3.8) is 0 Å². The Bertz CT molecular complexity index is 637. The predicted molar refractivity (Wildman–Crippen MR) is 84.6 cm³/mol. The Morgan fingerprint density at radius 3 is 2.86 bits per heavy atom. The molecule has 6 heteroatoms. The van der Waals surface area contributed by atoms with Crippen LogP contribution in [-0.2, 0) is 7.05 Å². The highest BCUT2D eigenvalue weighted by Crippen LogP contribution is 2.29. The molecule has 0 radical (unpaired) electrons. The first-order valence-corrected chi connectivity index (χ1v) is 7.25. The zero-order chi connectivity index (χ0) is 15.9. The van der Waals surface area contributed by atoms with Gasteiger partial charge in [0.25, 0.3) is 5.91 Å². The summed E-state index contributed by atoms with van der Waals surface area (Å²) in [6, 6.07) is 5.35. The van der Waals surface area contributed by atoms with Gasteiger partial charge in [-0.1, -0.05) is 13.3 Å². The van der Waals surface area contributed by atoms with E-state index in [1.54, 1.807) is 43.2 Å². The van der Waals surface area contributed by atoms with Crippen LogP contribution in [0.2, 0.25) is 0 Å². The van der Waals surface area contributed by atoms with E-state index in [4.69, 9.17) is 9.47 Å². The molecule has 1 heterocycles. The molecule has 2 rings (SSSR count). The molecule has 1 N–H and O–H groups in total. The summed E-state index contributed by atoms with van der Waals surface area (Å²) < 4.78 is 12.5. The maximum absolute atomic E-state index is 12.2. The van der Waals surface area contributed by atoms with Crippen LogP contribution in [0, 0.1) is 0 Å². The first-order valence-electron chi connectivity index (χ1n) is 7.25. The molecule has 0 atom stereocenters. The number of anilines is 1. The minimum atomic E-state index is -0.235. The van der Waals surface area contributed by atoms with Crippen molar-refractivity contribution in [2.45, 2.75) is 19.8 Å². The number of ether oxygens (including phenoxy) is 2. The lowest BCUT2D eigenvalue weighted by Crippen LogP contribution is -2.12. The largest absolute Gasteiger partial charge is 0.497 e. The van der Waals surface area contributed by atoms with Gasteiger partial charge in [-0.15, -0.1) is 0 Å². The lowest BCUT2D eigenvalue weighted by atomic mass is 10.2. The number of methoxy groups -OCH3 is 1. The average molecular weight is 303 g/mol. The Morgan fingerprint density at radius 2 is 2.23 bits per heavy atom. The van der Waals surface area contributed by atoms with E-state index in [1.165, 1.54) is 6.20 Å². The molecule has 0 fully saturated rings. The molecule has 118 valence electrons. The van der Waals surface area contributed by atoms with Crippen LogP contribution < -0.4 is 14.8 Å². The van der Waals surface area contributed by atoms with Crippen molar-refractivity contribution in [3.05, 3.63) is 36.2 Å². The van der Waals surface area contributed by atoms with Crippen molar-refractivity contribution < 1.29 is 14.3 Å². The van der Waals surface area contributed by atoms with E-state index >= 15 is 0 Å². The SMILES string of the molecule is CCCCOc1ccc(OC)cc1NC(=O)c1cnn(C)c1. The third kappa shape index (κ3) is 4.00. The van der Waals surface area contributed by atoms with Gasteiger partial charge < -0.3 is 14.8 Å². The Kier molecular flexibility index (Phi) is 5.41. The van der Waals surface area contributed by atoms with Crippen molar-refractivity contribution in [2.75, 3.05) is 19.0 Å². The van der Waals surface area contributed by atoms with Crippen LogP contribution in [0.1, 0.15) is 30.1 Å². The number of benzene rings is 1. The van der Waals surface area contributed by atoms with E-state index < -0.39 is 0 Å². The van der Waals surface area contributed by atoms with E-state index in [0.717, 1.165) is 12.8 Å². The van der Waals surface area contributed by atoms with E-state index in [1.807, 2.05) is 0 Å². The Labute approximate surface area is 130 Å². The molecule has 0 bridgehead atoms. The van der Waals surface area contributed by atoms with Gasteiger partial charge in [0.2, 0.25) is 0 Å². The normalized spacial score (nSPS) is 10.3. The van der Waals surface area contributed by atoms with Crippen LogP contribution in [0.15, 0.2) is 30.6 Å². The molecule has 0 unspecified atom stereocenters. The molecule has 0 aliphatic carbocycles. The van der Waals surface area contributed by atoms with Crippen molar-refractivity contribution in [3.8, 4) is 11.5 Å². The van der Waals surface area contributed by atoms with Crippen molar-refractivity contribution >= 4 is 11.6 Å². The molecule has 22 heavy (non-hydrogen) atoms. The van der Waals surface area contributed by atoms with E-state index in [2.05, 4.69) is 17.3 Å². The fourth-order valence-corrected chi connectivity index (χ4v) is 1.92. The average Bonchev–Trinajstić information content (AvgIpc) is 2.95. The van der Waals surface area contributed by atoms with Gasteiger partial charge in [0.05, 0.1) is 31.2 Å². The Balaban J connectivity index is 2.17. The summed E-state index contributed by atoms with van der Waals surface area (Å²) in [6.07, 6.45) is 5.19. The van der Waals surface area contributed by atoms with Crippen LogP contribution in [-0.4, -0.2) is 29.4 Å². The number of carbonyl (C=O) groups excluding carboxylic acids is 1. The number of nitrogens with zero attached hydrogens (tertiary/aromatic N) is 2. The predicted octanol–water partition coefficient (Wildman–Crippen LogP) is 2.86. The minimum absolute atomic E-state index is 0.235. The van der Waals surface area contributed by atoms with Crippen molar-refractivity contribution in [2.24, 2.45) is 7.05 Å². The van der Waals surface area contributed by atoms with E-state index in [-0.39, 0.29) is 5.91 Å². The molecular weight excluding hydrogens is 282 g/mol. The molecule has 0 saturated heterocycles. The van der Waals surface area contributed by atoms with E-state index in [0.29, 0.717) is 29.4 Å². The summed E-state index contributed by atoms with van der Waals surface area (Å²) in [5.41, 5.74) is 1.08. The van der Waals surface area contributed by atoms with Gasteiger partial charge in [-0.2, -0.15) is 5.10 Å². The summed E-state index contributed by atoms with van der Waals surface area (Å²) in [4.78, 5) is 12.2. The van der Waals surface area contributed by atoms with Crippen LogP contribution in [0.4, 0.5) is 5.69 Å². The van der Waals surface area contributed by atoms with Gasteiger partial charge in [0.15, 0.2) is 0 Å². The molecule has 0 aliphatic heterocycles. The van der Waals surface area contributed by atoms with Gasteiger partial charge >= 0.3 is 0 Å². The smallest absolute Gasteiger partial charge is 0.258 e. The number of carbonyl (C=O) groups is 1. The third-order valence-electron chi connectivity index (χ3n) is 3.16. The maximum atomic E-state index is 12.2. The summed E-state index contributed by atoms with van der Waals surface area (Å²) in [5, 5.41) is 6.84. The monoisotopic (exact) mass is 303 g/mol. The lowest BCUT2D eigenvalue weighted by Gasteiger charge is -2.13. The number of amides is 1. The highest BCUT2D eigenvalue weighted by atomic mass is 16.5. The number of rotatable bonds is 7. The van der Waals surface area contributed by atoms with E-state index in [9.17, 15) is 4.79 Å². The van der Waals surface area contributed by atoms with Crippen LogP contribution in [0.3, 0.4) is 0 Å². The molecule has 1 amide bonds. The summed E-state index contributed by atoms with van der Waals surface area (Å²) in [7, 11) is 3.35. The Hall–Kier alpha value is -2.50.